The van der Waals surface area contributed by atoms with Gasteiger partial charge in [-0.1, -0.05) is 18.2 Å². The zero-order chi connectivity index (χ0) is 17.0. The summed E-state index contributed by atoms with van der Waals surface area (Å²) in [7, 11) is 0. The molecule has 0 aliphatic heterocycles. The summed E-state index contributed by atoms with van der Waals surface area (Å²) in [4.78, 5) is 16.9. The molecular formula is C18H22N2O3. The van der Waals surface area contributed by atoms with Gasteiger partial charge in [0.25, 0.3) is 5.91 Å². The van der Waals surface area contributed by atoms with Crippen LogP contribution in [0.3, 0.4) is 0 Å². The highest BCUT2D eigenvalue weighted by Gasteiger charge is 2.36. The number of aliphatic hydroxyl groups is 1. The van der Waals surface area contributed by atoms with Gasteiger partial charge in [0.1, 0.15) is 11.4 Å². The molecule has 2 rings (SSSR count). The van der Waals surface area contributed by atoms with Crippen molar-refractivity contribution >= 4 is 11.6 Å². The number of ether oxygens (including phenoxy) is 1. The summed E-state index contributed by atoms with van der Waals surface area (Å²) in [6.45, 7) is 6.79. The summed E-state index contributed by atoms with van der Waals surface area (Å²) in [5.41, 5.74) is 0.852. The molecule has 1 amide bonds. The molecule has 5 heteroatoms. The van der Waals surface area contributed by atoms with E-state index < -0.39 is 17.6 Å². The first-order valence-corrected chi connectivity index (χ1v) is 7.46. The molecule has 0 bridgehead atoms. The maximum absolute atomic E-state index is 12.6. The Labute approximate surface area is 136 Å². The summed E-state index contributed by atoms with van der Waals surface area (Å²) in [5.74, 6) is 0.101. The van der Waals surface area contributed by atoms with Crippen LogP contribution in [0.2, 0.25) is 0 Å². The Hall–Kier alpha value is -2.40. The van der Waals surface area contributed by atoms with Crippen molar-refractivity contribution in [3.05, 3.63) is 53.9 Å². The van der Waals surface area contributed by atoms with Gasteiger partial charge in [-0.25, -0.2) is 0 Å². The fourth-order valence-corrected chi connectivity index (χ4v) is 2.17. The number of hydrogen-bond acceptors (Lipinski definition) is 4. The second kappa shape index (κ2) is 6.79. The lowest BCUT2D eigenvalue weighted by Gasteiger charge is -2.29. The van der Waals surface area contributed by atoms with Crippen LogP contribution in [0.5, 0.6) is 5.75 Å². The maximum atomic E-state index is 12.6. The molecule has 0 aliphatic carbocycles. The van der Waals surface area contributed by atoms with Crippen molar-refractivity contribution in [3.63, 3.8) is 0 Å². The lowest BCUT2D eigenvalue weighted by Crippen LogP contribution is -2.49. The number of aryl methyl sites for hydroxylation is 2. The monoisotopic (exact) mass is 314 g/mol. The summed E-state index contributed by atoms with van der Waals surface area (Å²) >= 11 is 0. The van der Waals surface area contributed by atoms with Crippen molar-refractivity contribution in [2.75, 3.05) is 5.32 Å². The Kier molecular flexibility index (Phi) is 5.01. The van der Waals surface area contributed by atoms with Crippen molar-refractivity contribution in [1.82, 2.24) is 4.98 Å². The molecule has 0 saturated heterocycles. The molecule has 1 heterocycles. The SMILES string of the molecule is Cc1ccc(NC(=O)C(Oc2ccccc2)C(C)(C)O)c(C)n1. The van der Waals surface area contributed by atoms with Crippen molar-refractivity contribution in [2.24, 2.45) is 0 Å². The highest BCUT2D eigenvalue weighted by molar-refractivity contribution is 5.95. The Morgan fingerprint density at radius 1 is 1.17 bits per heavy atom. The first-order valence-electron chi connectivity index (χ1n) is 7.46. The Morgan fingerprint density at radius 3 is 2.39 bits per heavy atom. The van der Waals surface area contributed by atoms with Crippen LogP contribution in [0.15, 0.2) is 42.5 Å². The number of nitrogens with one attached hydrogen (secondary N) is 1. The number of nitrogens with zero attached hydrogens (tertiary/aromatic N) is 1. The number of pyridine rings is 1. The van der Waals surface area contributed by atoms with Gasteiger partial charge in [-0.05, 0) is 52.0 Å². The Balaban J connectivity index is 2.20. The number of hydrogen-bond donors (Lipinski definition) is 2. The van der Waals surface area contributed by atoms with Crippen LogP contribution in [0.25, 0.3) is 0 Å². The topological polar surface area (TPSA) is 71.5 Å². The second-order valence-electron chi connectivity index (χ2n) is 6.04. The molecule has 1 aromatic heterocycles. The van der Waals surface area contributed by atoms with Gasteiger partial charge in [-0.2, -0.15) is 0 Å². The molecule has 122 valence electrons. The number of aromatic nitrogens is 1. The average molecular weight is 314 g/mol. The van der Waals surface area contributed by atoms with Gasteiger partial charge >= 0.3 is 0 Å². The molecular weight excluding hydrogens is 292 g/mol. The van der Waals surface area contributed by atoms with E-state index in [1.54, 1.807) is 32.0 Å². The van der Waals surface area contributed by atoms with Crippen molar-refractivity contribution in [1.29, 1.82) is 0 Å². The van der Waals surface area contributed by atoms with Crippen LogP contribution in [-0.2, 0) is 4.79 Å². The predicted molar refractivity (Wildman–Crippen MR) is 89.5 cm³/mol. The number of carbonyl (C=O) groups excluding carboxylic acids is 1. The lowest BCUT2D eigenvalue weighted by atomic mass is 10.0. The van der Waals surface area contributed by atoms with E-state index in [2.05, 4.69) is 10.3 Å². The van der Waals surface area contributed by atoms with E-state index in [0.717, 1.165) is 5.69 Å². The molecule has 0 fully saturated rings. The standard InChI is InChI=1S/C18H22N2O3/c1-12-10-11-15(13(2)19-12)20-17(21)16(18(3,4)22)23-14-8-6-5-7-9-14/h5-11,16,22H,1-4H3,(H,20,21). The third-order valence-electron chi connectivity index (χ3n) is 3.36. The molecule has 0 radical (unpaired) electrons. The van der Waals surface area contributed by atoms with Crippen molar-refractivity contribution in [3.8, 4) is 5.75 Å². The van der Waals surface area contributed by atoms with E-state index in [9.17, 15) is 9.90 Å². The van der Waals surface area contributed by atoms with E-state index in [1.165, 1.54) is 0 Å². The van der Waals surface area contributed by atoms with E-state index >= 15 is 0 Å². The molecule has 0 saturated carbocycles. The van der Waals surface area contributed by atoms with Gasteiger partial charge in [0, 0.05) is 5.69 Å². The van der Waals surface area contributed by atoms with E-state index in [4.69, 9.17) is 4.74 Å². The first kappa shape index (κ1) is 17.0. The molecule has 2 aromatic rings. The van der Waals surface area contributed by atoms with Crippen LogP contribution in [0.4, 0.5) is 5.69 Å². The van der Waals surface area contributed by atoms with Gasteiger partial charge in [0.15, 0.2) is 0 Å². The van der Waals surface area contributed by atoms with E-state index in [0.29, 0.717) is 17.1 Å². The van der Waals surface area contributed by atoms with Gasteiger partial charge < -0.3 is 15.2 Å². The first-order chi connectivity index (χ1) is 10.8. The van der Waals surface area contributed by atoms with Gasteiger partial charge in [0.2, 0.25) is 6.10 Å². The molecule has 0 aliphatic rings. The number of carbonyl (C=O) groups is 1. The Morgan fingerprint density at radius 2 is 1.83 bits per heavy atom. The third kappa shape index (κ3) is 4.53. The summed E-state index contributed by atoms with van der Waals surface area (Å²) in [6, 6.07) is 12.6. The van der Waals surface area contributed by atoms with Crippen LogP contribution in [-0.4, -0.2) is 27.7 Å². The highest BCUT2D eigenvalue weighted by Crippen LogP contribution is 2.21. The van der Waals surface area contributed by atoms with E-state index in [1.807, 2.05) is 38.1 Å². The van der Waals surface area contributed by atoms with Crippen LogP contribution in [0, 0.1) is 13.8 Å². The van der Waals surface area contributed by atoms with Crippen LogP contribution in [0.1, 0.15) is 25.2 Å². The lowest BCUT2D eigenvalue weighted by molar-refractivity contribution is -0.133. The number of anilines is 1. The van der Waals surface area contributed by atoms with Crippen LogP contribution < -0.4 is 10.1 Å². The van der Waals surface area contributed by atoms with E-state index in [-0.39, 0.29) is 0 Å². The normalized spacial score (nSPS) is 12.6. The molecule has 0 spiro atoms. The minimum Gasteiger partial charge on any atom is -0.478 e. The largest absolute Gasteiger partial charge is 0.478 e. The summed E-state index contributed by atoms with van der Waals surface area (Å²) < 4.78 is 5.69. The van der Waals surface area contributed by atoms with Gasteiger partial charge in [0.05, 0.1) is 11.4 Å². The minimum atomic E-state index is -1.34. The molecule has 1 unspecified atom stereocenters. The summed E-state index contributed by atoms with van der Waals surface area (Å²) in [5, 5.41) is 13.1. The third-order valence-corrected chi connectivity index (χ3v) is 3.36. The minimum absolute atomic E-state index is 0.421. The second-order valence-corrected chi connectivity index (χ2v) is 6.04. The van der Waals surface area contributed by atoms with Crippen LogP contribution >= 0.6 is 0 Å². The molecule has 1 atom stereocenters. The molecule has 2 N–H and O–H groups in total. The quantitative estimate of drug-likeness (QED) is 0.890. The fraction of sp³-hybridized carbons (Fsp3) is 0.333. The molecule has 5 nitrogen and oxygen atoms in total. The number of benzene rings is 1. The van der Waals surface area contributed by atoms with Crippen molar-refractivity contribution in [2.45, 2.75) is 39.4 Å². The zero-order valence-electron chi connectivity index (χ0n) is 13.8. The zero-order valence-corrected chi connectivity index (χ0v) is 13.8. The smallest absolute Gasteiger partial charge is 0.268 e. The Bertz CT molecular complexity index is 678. The number of para-hydroxylation sites is 1. The maximum Gasteiger partial charge on any atom is 0.268 e. The molecule has 23 heavy (non-hydrogen) atoms. The average Bonchev–Trinajstić information content (AvgIpc) is 2.47. The summed E-state index contributed by atoms with van der Waals surface area (Å²) in [6.07, 6.45) is -1.05. The van der Waals surface area contributed by atoms with Gasteiger partial charge in [-0.3, -0.25) is 9.78 Å². The van der Waals surface area contributed by atoms with Gasteiger partial charge in [-0.15, -0.1) is 0 Å². The highest BCUT2D eigenvalue weighted by atomic mass is 16.5. The number of amides is 1. The van der Waals surface area contributed by atoms with Crippen molar-refractivity contribution < 1.29 is 14.6 Å². The molecule has 1 aromatic carbocycles. The number of rotatable bonds is 5. The fourth-order valence-electron chi connectivity index (χ4n) is 2.17. The predicted octanol–water partition coefficient (Wildman–Crippen LogP) is 2.86.